The van der Waals surface area contributed by atoms with Crippen LogP contribution in [0.1, 0.15) is 21.7 Å². The molecule has 1 aromatic heterocycles. The van der Waals surface area contributed by atoms with Crippen LogP contribution in [-0.2, 0) is 17.8 Å². The first-order chi connectivity index (χ1) is 9.69. The predicted octanol–water partition coefficient (Wildman–Crippen LogP) is 2.30. The lowest BCUT2D eigenvalue weighted by Gasteiger charge is -2.08. The van der Waals surface area contributed by atoms with Gasteiger partial charge in [-0.25, -0.2) is 14.8 Å². The molecule has 1 N–H and O–H groups in total. The molecule has 102 valence electrons. The normalized spacial score (nSPS) is 13.1. The molecule has 2 heterocycles. The van der Waals surface area contributed by atoms with Crippen LogP contribution < -0.4 is 5.32 Å². The lowest BCUT2D eigenvalue weighted by molar-refractivity contribution is 0.0592. The van der Waals surface area contributed by atoms with Crippen molar-refractivity contribution in [1.29, 1.82) is 0 Å². The van der Waals surface area contributed by atoms with E-state index < -0.39 is 5.97 Å². The largest absolute Gasteiger partial charge is 0.464 e. The molecular weight excluding hydrogens is 322 g/mol. The molecule has 0 aliphatic carbocycles. The standard InChI is InChI=1S/C14H12BrN3O2/c1-20-14(19)12-10-6-16-7-11(10)17-13(18-12)8-3-2-4-9(15)5-8/h2-5,16H,6-7H2,1H3. The molecule has 3 rings (SSSR count). The van der Waals surface area contributed by atoms with Crippen LogP contribution in [0.4, 0.5) is 0 Å². The zero-order chi connectivity index (χ0) is 14.1. The van der Waals surface area contributed by atoms with Crippen molar-refractivity contribution in [1.82, 2.24) is 15.3 Å². The minimum Gasteiger partial charge on any atom is -0.464 e. The molecule has 0 amide bonds. The molecule has 1 aliphatic heterocycles. The second-order valence-electron chi connectivity index (χ2n) is 4.43. The number of hydrogen-bond donors (Lipinski definition) is 1. The van der Waals surface area contributed by atoms with Gasteiger partial charge in [0, 0.05) is 28.7 Å². The molecule has 5 nitrogen and oxygen atoms in total. The van der Waals surface area contributed by atoms with Crippen LogP contribution in [0.2, 0.25) is 0 Å². The summed E-state index contributed by atoms with van der Waals surface area (Å²) in [5, 5.41) is 3.18. The van der Waals surface area contributed by atoms with Crippen LogP contribution >= 0.6 is 15.9 Å². The second-order valence-corrected chi connectivity index (χ2v) is 5.34. The Hall–Kier alpha value is -1.79. The summed E-state index contributed by atoms with van der Waals surface area (Å²) < 4.78 is 5.75. The Morgan fingerprint density at radius 3 is 2.95 bits per heavy atom. The van der Waals surface area contributed by atoms with E-state index in [4.69, 9.17) is 4.74 Å². The lowest BCUT2D eigenvalue weighted by Crippen LogP contribution is -2.11. The number of halogens is 1. The number of esters is 1. The van der Waals surface area contributed by atoms with E-state index in [1.807, 2.05) is 24.3 Å². The van der Waals surface area contributed by atoms with Crippen molar-refractivity contribution < 1.29 is 9.53 Å². The molecule has 0 spiro atoms. The minimum absolute atomic E-state index is 0.345. The number of ether oxygens (including phenoxy) is 1. The number of benzene rings is 1. The van der Waals surface area contributed by atoms with E-state index in [9.17, 15) is 4.79 Å². The summed E-state index contributed by atoms with van der Waals surface area (Å²) >= 11 is 3.42. The van der Waals surface area contributed by atoms with E-state index in [0.29, 0.717) is 24.6 Å². The fourth-order valence-corrected chi connectivity index (χ4v) is 2.59. The summed E-state index contributed by atoms with van der Waals surface area (Å²) in [5.41, 5.74) is 2.89. The Morgan fingerprint density at radius 2 is 2.20 bits per heavy atom. The molecule has 6 heteroatoms. The molecule has 1 aromatic carbocycles. The molecular formula is C14H12BrN3O2. The second kappa shape index (κ2) is 5.30. The maximum Gasteiger partial charge on any atom is 0.357 e. The number of nitrogens with one attached hydrogen (secondary N) is 1. The number of nitrogens with zero attached hydrogens (tertiary/aromatic N) is 2. The summed E-state index contributed by atoms with van der Waals surface area (Å²) in [6, 6.07) is 7.67. The van der Waals surface area contributed by atoms with Crippen LogP contribution in [0.15, 0.2) is 28.7 Å². The van der Waals surface area contributed by atoms with Gasteiger partial charge in [0.15, 0.2) is 11.5 Å². The molecule has 0 unspecified atom stereocenters. The first-order valence-electron chi connectivity index (χ1n) is 6.14. The Kier molecular flexibility index (Phi) is 3.50. The van der Waals surface area contributed by atoms with Crippen molar-refractivity contribution in [3.8, 4) is 11.4 Å². The lowest BCUT2D eigenvalue weighted by atomic mass is 10.1. The van der Waals surface area contributed by atoms with Crippen molar-refractivity contribution in [3.63, 3.8) is 0 Å². The van der Waals surface area contributed by atoms with Gasteiger partial charge in [0.05, 0.1) is 12.8 Å². The van der Waals surface area contributed by atoms with Crippen molar-refractivity contribution >= 4 is 21.9 Å². The number of rotatable bonds is 2. The molecule has 0 fully saturated rings. The number of methoxy groups -OCH3 is 1. The van der Waals surface area contributed by atoms with E-state index in [1.165, 1.54) is 7.11 Å². The van der Waals surface area contributed by atoms with Crippen LogP contribution in [0.25, 0.3) is 11.4 Å². The van der Waals surface area contributed by atoms with Crippen molar-refractivity contribution in [2.75, 3.05) is 7.11 Å². The van der Waals surface area contributed by atoms with E-state index in [-0.39, 0.29) is 0 Å². The number of aromatic nitrogens is 2. The molecule has 0 bridgehead atoms. The average Bonchev–Trinajstić information content (AvgIpc) is 2.93. The van der Waals surface area contributed by atoms with Crippen LogP contribution in [0.3, 0.4) is 0 Å². The molecule has 0 radical (unpaired) electrons. The highest BCUT2D eigenvalue weighted by atomic mass is 79.9. The van der Waals surface area contributed by atoms with Gasteiger partial charge in [-0.15, -0.1) is 0 Å². The van der Waals surface area contributed by atoms with Gasteiger partial charge in [0.25, 0.3) is 0 Å². The van der Waals surface area contributed by atoms with Crippen molar-refractivity contribution in [2.45, 2.75) is 13.1 Å². The van der Waals surface area contributed by atoms with Crippen molar-refractivity contribution in [3.05, 3.63) is 45.7 Å². The monoisotopic (exact) mass is 333 g/mol. The fourth-order valence-electron chi connectivity index (χ4n) is 2.19. The summed E-state index contributed by atoms with van der Waals surface area (Å²) in [6.07, 6.45) is 0. The van der Waals surface area contributed by atoms with Crippen LogP contribution in [0.5, 0.6) is 0 Å². The zero-order valence-corrected chi connectivity index (χ0v) is 12.4. The van der Waals surface area contributed by atoms with Gasteiger partial charge in [-0.2, -0.15) is 0 Å². The molecule has 0 saturated heterocycles. The Labute approximate surface area is 124 Å². The molecule has 1 aliphatic rings. The van der Waals surface area contributed by atoms with Gasteiger partial charge in [-0.3, -0.25) is 0 Å². The highest BCUT2D eigenvalue weighted by Gasteiger charge is 2.24. The van der Waals surface area contributed by atoms with Crippen LogP contribution in [-0.4, -0.2) is 23.0 Å². The van der Waals surface area contributed by atoms with Gasteiger partial charge < -0.3 is 10.1 Å². The molecule has 0 atom stereocenters. The maximum absolute atomic E-state index is 11.9. The third-order valence-electron chi connectivity index (χ3n) is 3.15. The Balaban J connectivity index is 2.16. The Bertz CT molecular complexity index is 688. The number of hydrogen-bond acceptors (Lipinski definition) is 5. The topological polar surface area (TPSA) is 64.1 Å². The molecule has 0 saturated carbocycles. The average molecular weight is 334 g/mol. The third-order valence-corrected chi connectivity index (χ3v) is 3.64. The first kappa shape index (κ1) is 13.2. The van der Waals surface area contributed by atoms with Gasteiger partial charge in [-0.1, -0.05) is 28.1 Å². The van der Waals surface area contributed by atoms with Gasteiger partial charge in [0.1, 0.15) is 0 Å². The van der Waals surface area contributed by atoms with Crippen molar-refractivity contribution in [2.24, 2.45) is 0 Å². The fraction of sp³-hybridized carbons (Fsp3) is 0.214. The van der Waals surface area contributed by atoms with E-state index >= 15 is 0 Å². The molecule has 2 aromatic rings. The smallest absolute Gasteiger partial charge is 0.357 e. The number of carbonyl (C=O) groups excluding carboxylic acids is 1. The van der Waals surface area contributed by atoms with E-state index in [1.54, 1.807) is 0 Å². The van der Waals surface area contributed by atoms with E-state index in [2.05, 4.69) is 31.2 Å². The van der Waals surface area contributed by atoms with Gasteiger partial charge >= 0.3 is 5.97 Å². The first-order valence-corrected chi connectivity index (χ1v) is 6.93. The Morgan fingerprint density at radius 1 is 1.35 bits per heavy atom. The zero-order valence-electron chi connectivity index (χ0n) is 10.8. The summed E-state index contributed by atoms with van der Waals surface area (Å²) in [4.78, 5) is 20.8. The SMILES string of the molecule is COC(=O)c1nc(-c2cccc(Br)c2)nc2c1CNC2. The highest BCUT2D eigenvalue weighted by molar-refractivity contribution is 9.10. The van der Waals surface area contributed by atoms with Crippen LogP contribution in [0, 0.1) is 0 Å². The summed E-state index contributed by atoms with van der Waals surface area (Å²) in [7, 11) is 1.36. The molecule has 20 heavy (non-hydrogen) atoms. The summed E-state index contributed by atoms with van der Waals surface area (Å²) in [5.74, 6) is 0.109. The predicted molar refractivity (Wildman–Crippen MR) is 77.1 cm³/mol. The van der Waals surface area contributed by atoms with Gasteiger partial charge in [-0.05, 0) is 12.1 Å². The van der Waals surface area contributed by atoms with E-state index in [0.717, 1.165) is 21.3 Å². The minimum atomic E-state index is -0.427. The number of fused-ring (bicyclic) bond motifs is 1. The summed E-state index contributed by atoms with van der Waals surface area (Å²) in [6.45, 7) is 1.24. The third kappa shape index (κ3) is 2.32. The quantitative estimate of drug-likeness (QED) is 0.854. The highest BCUT2D eigenvalue weighted by Crippen LogP contribution is 2.24. The maximum atomic E-state index is 11.9. The number of carbonyl (C=O) groups is 1. The van der Waals surface area contributed by atoms with Gasteiger partial charge in [0.2, 0.25) is 0 Å².